The van der Waals surface area contributed by atoms with Crippen LogP contribution in [-0.4, -0.2) is 35.0 Å². The van der Waals surface area contributed by atoms with E-state index >= 15 is 0 Å². The lowest BCUT2D eigenvalue weighted by Crippen LogP contribution is -2.40. The van der Waals surface area contributed by atoms with Crippen molar-refractivity contribution in [3.05, 3.63) is 35.1 Å². The molecule has 1 atom stereocenters. The first-order chi connectivity index (χ1) is 7.82. The van der Waals surface area contributed by atoms with Crippen LogP contribution in [0.3, 0.4) is 0 Å². The number of carbonyl (C=O) groups is 2. The number of aryl methyl sites for hydroxylation is 1. The molecule has 0 fully saturated rings. The number of nitrogens with zero attached hydrogens (tertiary/aromatic N) is 1. The Labute approximate surface area is 98.7 Å². The Hall–Kier alpha value is -1.91. The molecule has 0 aliphatic rings. The number of carboxylic acids is 1. The summed E-state index contributed by atoms with van der Waals surface area (Å²) in [5.74, 6) is -2.12. The number of benzene rings is 1. The van der Waals surface area contributed by atoms with Gasteiger partial charge in [-0.1, -0.05) is 0 Å². The van der Waals surface area contributed by atoms with Crippen molar-refractivity contribution < 1.29 is 19.1 Å². The Bertz CT molecular complexity index is 439. The third-order valence-electron chi connectivity index (χ3n) is 2.55. The van der Waals surface area contributed by atoms with Crippen LogP contribution in [0.1, 0.15) is 22.8 Å². The molecule has 0 aromatic heterocycles. The molecule has 0 saturated carbocycles. The molecule has 0 bridgehead atoms. The Kier molecular flexibility index (Phi) is 3.83. The van der Waals surface area contributed by atoms with Gasteiger partial charge in [-0.05, 0) is 37.6 Å². The lowest BCUT2D eigenvalue weighted by atomic mass is 10.1. The zero-order valence-corrected chi connectivity index (χ0v) is 9.90. The number of halogens is 1. The lowest BCUT2D eigenvalue weighted by molar-refractivity contribution is -0.141. The third-order valence-corrected chi connectivity index (χ3v) is 2.55. The van der Waals surface area contributed by atoms with Gasteiger partial charge in [-0.15, -0.1) is 0 Å². The van der Waals surface area contributed by atoms with Gasteiger partial charge in [0, 0.05) is 12.6 Å². The summed E-state index contributed by atoms with van der Waals surface area (Å²) in [6.07, 6.45) is 0. The van der Waals surface area contributed by atoms with Crippen molar-refractivity contribution in [3.63, 3.8) is 0 Å². The van der Waals surface area contributed by atoms with E-state index in [4.69, 9.17) is 5.11 Å². The van der Waals surface area contributed by atoms with Gasteiger partial charge in [0.15, 0.2) is 0 Å². The standard InChI is InChI=1S/C12H14FNO3/c1-7-4-9(6-10(13)5-7)11(15)14(3)8(2)12(16)17/h4-6,8H,1-3H3,(H,16,17). The Balaban J connectivity index is 3.00. The van der Waals surface area contributed by atoms with Crippen LogP contribution in [-0.2, 0) is 4.79 Å². The number of carboxylic acid groups (broad SMARTS) is 1. The van der Waals surface area contributed by atoms with Crippen LogP contribution in [0.2, 0.25) is 0 Å². The number of aliphatic carboxylic acids is 1. The van der Waals surface area contributed by atoms with Crippen molar-refractivity contribution in [2.75, 3.05) is 7.05 Å². The average molecular weight is 239 g/mol. The number of likely N-dealkylation sites (N-methyl/N-ethyl adjacent to an activating group) is 1. The largest absolute Gasteiger partial charge is 0.480 e. The average Bonchev–Trinajstić information content (AvgIpc) is 2.24. The predicted molar refractivity (Wildman–Crippen MR) is 60.3 cm³/mol. The quantitative estimate of drug-likeness (QED) is 0.873. The highest BCUT2D eigenvalue weighted by atomic mass is 19.1. The van der Waals surface area contributed by atoms with Crippen molar-refractivity contribution >= 4 is 11.9 Å². The second kappa shape index (κ2) is 4.95. The smallest absolute Gasteiger partial charge is 0.326 e. The molecule has 92 valence electrons. The van der Waals surface area contributed by atoms with Crippen LogP contribution in [0.25, 0.3) is 0 Å². The molecule has 5 heteroatoms. The van der Waals surface area contributed by atoms with Crippen molar-refractivity contribution in [2.24, 2.45) is 0 Å². The summed E-state index contributed by atoms with van der Waals surface area (Å²) in [4.78, 5) is 23.7. The first kappa shape index (κ1) is 13.2. The molecule has 0 radical (unpaired) electrons. The van der Waals surface area contributed by atoms with Gasteiger partial charge in [0.1, 0.15) is 11.9 Å². The Morgan fingerprint density at radius 2 is 1.94 bits per heavy atom. The highest BCUT2D eigenvalue weighted by molar-refractivity contribution is 5.96. The predicted octanol–water partition coefficient (Wildman–Crippen LogP) is 1.68. The Morgan fingerprint density at radius 1 is 1.35 bits per heavy atom. The van der Waals surface area contributed by atoms with Crippen LogP contribution in [0.15, 0.2) is 18.2 Å². The molecule has 4 nitrogen and oxygen atoms in total. The normalized spacial score (nSPS) is 12.0. The summed E-state index contributed by atoms with van der Waals surface area (Å²) in [7, 11) is 1.38. The van der Waals surface area contributed by atoms with Crippen molar-refractivity contribution in [3.8, 4) is 0 Å². The summed E-state index contributed by atoms with van der Waals surface area (Å²) >= 11 is 0. The van der Waals surface area contributed by atoms with Gasteiger partial charge in [-0.25, -0.2) is 9.18 Å². The van der Waals surface area contributed by atoms with Crippen molar-refractivity contribution in [1.29, 1.82) is 0 Å². The van der Waals surface area contributed by atoms with Crippen LogP contribution < -0.4 is 0 Å². The van der Waals surface area contributed by atoms with E-state index in [-0.39, 0.29) is 5.56 Å². The molecule has 0 saturated heterocycles. The number of hydrogen-bond acceptors (Lipinski definition) is 2. The van der Waals surface area contributed by atoms with E-state index in [1.54, 1.807) is 6.92 Å². The molecule has 0 aliphatic carbocycles. The zero-order chi connectivity index (χ0) is 13.2. The number of amides is 1. The van der Waals surface area contributed by atoms with Crippen LogP contribution in [0.4, 0.5) is 4.39 Å². The topological polar surface area (TPSA) is 57.6 Å². The molecule has 0 spiro atoms. The first-order valence-corrected chi connectivity index (χ1v) is 5.10. The van der Waals surface area contributed by atoms with Crippen LogP contribution in [0.5, 0.6) is 0 Å². The summed E-state index contributed by atoms with van der Waals surface area (Å²) in [5.41, 5.74) is 0.767. The minimum absolute atomic E-state index is 0.151. The van der Waals surface area contributed by atoms with E-state index in [9.17, 15) is 14.0 Å². The molecule has 17 heavy (non-hydrogen) atoms. The van der Waals surface area contributed by atoms with E-state index in [2.05, 4.69) is 0 Å². The molecule has 1 aromatic rings. The van der Waals surface area contributed by atoms with Gasteiger partial charge in [-0.2, -0.15) is 0 Å². The molecule has 1 amide bonds. The molecular formula is C12H14FNO3. The fourth-order valence-electron chi connectivity index (χ4n) is 1.40. The van der Waals surface area contributed by atoms with Gasteiger partial charge in [0.2, 0.25) is 0 Å². The van der Waals surface area contributed by atoms with Crippen LogP contribution >= 0.6 is 0 Å². The second-order valence-corrected chi connectivity index (χ2v) is 3.95. The minimum Gasteiger partial charge on any atom is -0.480 e. The first-order valence-electron chi connectivity index (χ1n) is 5.10. The lowest BCUT2D eigenvalue weighted by Gasteiger charge is -2.21. The number of carbonyl (C=O) groups excluding carboxylic acids is 1. The van der Waals surface area contributed by atoms with Crippen molar-refractivity contribution in [1.82, 2.24) is 4.90 Å². The molecule has 0 heterocycles. The van der Waals surface area contributed by atoms with E-state index in [0.717, 1.165) is 11.0 Å². The fraction of sp³-hybridized carbons (Fsp3) is 0.333. The molecule has 0 aliphatic heterocycles. The Morgan fingerprint density at radius 3 is 2.41 bits per heavy atom. The van der Waals surface area contributed by atoms with Gasteiger partial charge < -0.3 is 10.0 Å². The molecule has 1 rings (SSSR count). The summed E-state index contributed by atoms with van der Waals surface area (Å²) in [6.45, 7) is 3.06. The zero-order valence-electron chi connectivity index (χ0n) is 9.90. The van der Waals surface area contributed by atoms with Crippen LogP contribution in [0, 0.1) is 12.7 Å². The maximum atomic E-state index is 13.1. The summed E-state index contributed by atoms with van der Waals surface area (Å²) < 4.78 is 13.1. The fourth-order valence-corrected chi connectivity index (χ4v) is 1.40. The number of hydrogen-bond donors (Lipinski definition) is 1. The monoisotopic (exact) mass is 239 g/mol. The maximum absolute atomic E-state index is 13.1. The minimum atomic E-state index is -1.10. The highest BCUT2D eigenvalue weighted by Crippen LogP contribution is 2.12. The van der Waals surface area contributed by atoms with E-state index in [1.807, 2.05) is 0 Å². The molecular weight excluding hydrogens is 225 g/mol. The summed E-state index contributed by atoms with van der Waals surface area (Å²) in [5, 5.41) is 8.79. The maximum Gasteiger partial charge on any atom is 0.326 e. The number of rotatable bonds is 3. The highest BCUT2D eigenvalue weighted by Gasteiger charge is 2.23. The van der Waals surface area contributed by atoms with Crippen molar-refractivity contribution in [2.45, 2.75) is 19.9 Å². The molecule has 1 N–H and O–H groups in total. The van der Waals surface area contributed by atoms with Gasteiger partial charge in [0.05, 0.1) is 0 Å². The van der Waals surface area contributed by atoms with E-state index in [0.29, 0.717) is 5.56 Å². The molecule has 1 unspecified atom stereocenters. The third kappa shape index (κ3) is 3.03. The second-order valence-electron chi connectivity index (χ2n) is 3.95. The SMILES string of the molecule is Cc1cc(F)cc(C(=O)N(C)C(C)C(=O)O)c1. The van der Waals surface area contributed by atoms with Gasteiger partial charge in [-0.3, -0.25) is 4.79 Å². The van der Waals surface area contributed by atoms with E-state index < -0.39 is 23.7 Å². The van der Waals surface area contributed by atoms with E-state index in [1.165, 1.54) is 26.1 Å². The summed E-state index contributed by atoms with van der Waals surface area (Å²) in [6, 6.07) is 2.97. The molecule has 1 aromatic carbocycles. The van der Waals surface area contributed by atoms with Gasteiger partial charge >= 0.3 is 5.97 Å². The van der Waals surface area contributed by atoms with Gasteiger partial charge in [0.25, 0.3) is 5.91 Å².